The Balaban J connectivity index is 2.82. The van der Waals surface area contributed by atoms with Crippen molar-refractivity contribution in [2.45, 2.75) is 58.5 Å². The second kappa shape index (κ2) is 5.96. The Morgan fingerprint density at radius 3 is 2.44 bits per heavy atom. The van der Waals surface area contributed by atoms with E-state index in [9.17, 15) is 10.2 Å². The maximum Gasteiger partial charge on any atom is 0.189 e. The van der Waals surface area contributed by atoms with Gasteiger partial charge in [-0.3, -0.25) is 4.48 Å². The van der Waals surface area contributed by atoms with Gasteiger partial charge in [0.05, 0.1) is 6.54 Å². The third-order valence-electron chi connectivity index (χ3n) is 4.02. The summed E-state index contributed by atoms with van der Waals surface area (Å²) in [6.07, 6.45) is 2.40. The maximum absolute atomic E-state index is 10.1. The summed E-state index contributed by atoms with van der Waals surface area (Å²) in [5.74, 6) is 0. The molecule has 0 bridgehead atoms. The Bertz CT molecular complexity index is 199. The van der Waals surface area contributed by atoms with Crippen LogP contribution in [0, 0.1) is 0 Å². The first-order valence-corrected chi connectivity index (χ1v) is 6.49. The highest BCUT2D eigenvalue weighted by atomic mass is 16.3. The number of nitrogens with one attached hydrogen (secondary N) is 1. The molecule has 1 aliphatic rings. The van der Waals surface area contributed by atoms with E-state index in [1.165, 1.54) is 0 Å². The Kier molecular flexibility index (Phi) is 5.18. The summed E-state index contributed by atoms with van der Waals surface area (Å²) in [6.45, 7) is 8.36. The van der Waals surface area contributed by atoms with E-state index in [4.69, 9.17) is 0 Å². The van der Waals surface area contributed by atoms with E-state index in [-0.39, 0.29) is 0 Å². The largest absolute Gasteiger partial charge is 0.345 e. The highest BCUT2D eigenvalue weighted by molar-refractivity contribution is 4.71. The van der Waals surface area contributed by atoms with Crippen LogP contribution in [-0.2, 0) is 0 Å². The summed E-state index contributed by atoms with van der Waals surface area (Å²) >= 11 is 0. The van der Waals surface area contributed by atoms with Crippen LogP contribution in [0.25, 0.3) is 0 Å². The number of unbranched alkanes of at least 4 members (excludes halogenated alkanes) is 1. The van der Waals surface area contributed by atoms with Crippen molar-refractivity contribution in [3.63, 3.8) is 0 Å². The molecule has 1 rings (SSSR count). The predicted molar refractivity (Wildman–Crippen MR) is 64.7 cm³/mol. The molecular formula is C12H27N2O2+. The van der Waals surface area contributed by atoms with Gasteiger partial charge in [-0.05, 0) is 6.42 Å². The lowest BCUT2D eigenvalue weighted by Gasteiger charge is -2.51. The van der Waals surface area contributed by atoms with Crippen molar-refractivity contribution >= 4 is 0 Å². The minimum Gasteiger partial charge on any atom is -0.345 e. The zero-order chi connectivity index (χ0) is 12.2. The van der Waals surface area contributed by atoms with Crippen LogP contribution >= 0.6 is 0 Å². The number of nitrogens with zero attached hydrogens (tertiary/aromatic N) is 1. The molecule has 3 atom stereocenters. The summed E-state index contributed by atoms with van der Waals surface area (Å²) in [6, 6.07) is 0.327. The van der Waals surface area contributed by atoms with Gasteiger partial charge in [-0.2, -0.15) is 0 Å². The highest BCUT2D eigenvalue weighted by Crippen LogP contribution is 2.27. The summed E-state index contributed by atoms with van der Waals surface area (Å²) in [4.78, 5) is 0. The van der Waals surface area contributed by atoms with Gasteiger partial charge in [0.15, 0.2) is 12.5 Å². The van der Waals surface area contributed by atoms with E-state index in [0.29, 0.717) is 10.5 Å². The maximum atomic E-state index is 10.1. The number of hydrogen-bond acceptors (Lipinski definition) is 3. The molecule has 0 aromatic carbocycles. The van der Waals surface area contributed by atoms with Gasteiger partial charge >= 0.3 is 0 Å². The first-order valence-electron chi connectivity index (χ1n) is 6.49. The Morgan fingerprint density at radius 1 is 1.31 bits per heavy atom. The van der Waals surface area contributed by atoms with Gasteiger partial charge in [-0.15, -0.1) is 0 Å². The van der Waals surface area contributed by atoms with Crippen molar-refractivity contribution in [3.8, 4) is 0 Å². The fourth-order valence-corrected chi connectivity index (χ4v) is 2.97. The van der Waals surface area contributed by atoms with E-state index in [2.05, 4.69) is 12.2 Å². The molecule has 0 aromatic rings. The number of hydrogen-bond donors (Lipinski definition) is 3. The van der Waals surface area contributed by atoms with Crippen molar-refractivity contribution in [2.24, 2.45) is 0 Å². The first-order chi connectivity index (χ1) is 7.55. The Labute approximate surface area is 98.9 Å². The molecule has 1 heterocycles. The molecule has 0 aliphatic carbocycles. The van der Waals surface area contributed by atoms with Gasteiger partial charge in [0.1, 0.15) is 6.04 Å². The van der Waals surface area contributed by atoms with Gasteiger partial charge in [0.25, 0.3) is 0 Å². The first kappa shape index (κ1) is 13.9. The fraction of sp³-hybridized carbons (Fsp3) is 1.00. The minimum absolute atomic E-state index is 0.327. The van der Waals surface area contributed by atoms with E-state index < -0.39 is 12.5 Å². The van der Waals surface area contributed by atoms with Crippen molar-refractivity contribution < 1.29 is 14.7 Å². The molecular weight excluding hydrogens is 204 g/mol. The SMILES string of the molecule is CCCCC1CNCC[N+]1(C(C)O)C(C)O. The summed E-state index contributed by atoms with van der Waals surface area (Å²) in [5.41, 5.74) is 0. The molecule has 1 aliphatic heterocycles. The van der Waals surface area contributed by atoms with Crippen molar-refractivity contribution in [1.29, 1.82) is 0 Å². The molecule has 0 saturated carbocycles. The van der Waals surface area contributed by atoms with Gasteiger partial charge in [-0.25, -0.2) is 0 Å². The number of quaternary nitrogens is 1. The van der Waals surface area contributed by atoms with Crippen LogP contribution in [0.15, 0.2) is 0 Å². The molecule has 1 saturated heterocycles. The minimum atomic E-state index is -0.496. The smallest absolute Gasteiger partial charge is 0.189 e. The van der Waals surface area contributed by atoms with Crippen LogP contribution < -0.4 is 5.32 Å². The van der Waals surface area contributed by atoms with Crippen molar-refractivity contribution in [2.75, 3.05) is 19.6 Å². The quantitative estimate of drug-likeness (QED) is 0.609. The average Bonchev–Trinajstić information content (AvgIpc) is 2.25. The molecule has 96 valence electrons. The zero-order valence-corrected chi connectivity index (χ0v) is 10.8. The lowest BCUT2D eigenvalue weighted by molar-refractivity contribution is -1.03. The second-order valence-corrected chi connectivity index (χ2v) is 4.98. The van der Waals surface area contributed by atoms with Crippen LogP contribution in [0.1, 0.15) is 40.0 Å². The van der Waals surface area contributed by atoms with Crippen LogP contribution in [0.5, 0.6) is 0 Å². The molecule has 0 radical (unpaired) electrons. The molecule has 0 aromatic heterocycles. The lowest BCUT2D eigenvalue weighted by Crippen LogP contribution is -2.71. The molecule has 0 amide bonds. The van der Waals surface area contributed by atoms with E-state index in [0.717, 1.165) is 38.9 Å². The molecule has 0 spiro atoms. The van der Waals surface area contributed by atoms with E-state index >= 15 is 0 Å². The van der Waals surface area contributed by atoms with E-state index in [1.807, 2.05) is 0 Å². The number of rotatable bonds is 5. The van der Waals surface area contributed by atoms with Crippen LogP contribution in [0.2, 0.25) is 0 Å². The highest BCUT2D eigenvalue weighted by Gasteiger charge is 2.46. The lowest BCUT2D eigenvalue weighted by atomic mass is 10.0. The standard InChI is InChI=1S/C12H27N2O2/c1-4-5-6-12-9-13-7-8-14(12,10(2)15)11(3)16/h10-13,15-16H,4-9H2,1-3H3/q+1. The Morgan fingerprint density at radius 2 is 1.94 bits per heavy atom. The topological polar surface area (TPSA) is 52.5 Å². The van der Waals surface area contributed by atoms with Crippen molar-refractivity contribution in [3.05, 3.63) is 0 Å². The Hall–Kier alpha value is -0.160. The zero-order valence-electron chi connectivity index (χ0n) is 10.8. The van der Waals surface area contributed by atoms with Gasteiger partial charge < -0.3 is 15.5 Å². The monoisotopic (exact) mass is 231 g/mol. The van der Waals surface area contributed by atoms with Gasteiger partial charge in [0.2, 0.25) is 0 Å². The number of aliphatic hydroxyl groups is 2. The summed E-state index contributed by atoms with van der Waals surface area (Å²) in [7, 11) is 0. The molecule has 3 unspecified atom stereocenters. The van der Waals surface area contributed by atoms with Crippen LogP contribution in [0.3, 0.4) is 0 Å². The van der Waals surface area contributed by atoms with Crippen LogP contribution in [0.4, 0.5) is 0 Å². The molecule has 4 heteroatoms. The predicted octanol–water partition coefficient (Wildman–Crippen LogP) is 0.642. The third-order valence-corrected chi connectivity index (χ3v) is 4.02. The molecule has 4 nitrogen and oxygen atoms in total. The average molecular weight is 231 g/mol. The third kappa shape index (κ3) is 2.56. The van der Waals surface area contributed by atoms with Crippen LogP contribution in [-0.4, -0.2) is 52.8 Å². The normalized spacial score (nSPS) is 34.7. The van der Waals surface area contributed by atoms with Gasteiger partial charge in [-0.1, -0.05) is 13.3 Å². The summed E-state index contributed by atoms with van der Waals surface area (Å²) in [5, 5.41) is 23.5. The van der Waals surface area contributed by atoms with Gasteiger partial charge in [0, 0.05) is 33.4 Å². The molecule has 3 N–H and O–H groups in total. The number of aliphatic hydroxyl groups excluding tert-OH is 2. The van der Waals surface area contributed by atoms with E-state index in [1.54, 1.807) is 13.8 Å². The fourth-order valence-electron chi connectivity index (χ4n) is 2.97. The summed E-state index contributed by atoms with van der Waals surface area (Å²) < 4.78 is 0.438. The van der Waals surface area contributed by atoms with Crippen molar-refractivity contribution in [1.82, 2.24) is 5.32 Å². The second-order valence-electron chi connectivity index (χ2n) is 4.98. The number of piperazine rings is 1. The molecule has 1 fully saturated rings. The molecule has 16 heavy (non-hydrogen) atoms.